The molecule has 0 saturated carbocycles. The zero-order valence-corrected chi connectivity index (χ0v) is 12.2. The van der Waals surface area contributed by atoms with Crippen LogP contribution in [0.15, 0.2) is 0 Å². The molecule has 0 N–H and O–H groups in total. The largest absolute Gasteiger partial charge is 0.475 e. The third-order valence-corrected chi connectivity index (χ3v) is 3.89. The lowest BCUT2D eigenvalue weighted by Crippen LogP contribution is -2.23. The molecule has 0 unspecified atom stereocenters. The second-order valence-corrected chi connectivity index (χ2v) is 5.53. The van der Waals surface area contributed by atoms with Crippen molar-refractivity contribution in [1.29, 1.82) is 0 Å². The Bertz CT molecular complexity index is 391. The van der Waals surface area contributed by atoms with Crippen LogP contribution >= 0.6 is 0 Å². The van der Waals surface area contributed by atoms with Gasteiger partial charge in [-0.25, -0.2) is 4.68 Å². The lowest BCUT2D eigenvalue weighted by molar-refractivity contribution is 0.148. The van der Waals surface area contributed by atoms with Crippen molar-refractivity contribution in [3.05, 3.63) is 11.3 Å². The fourth-order valence-electron chi connectivity index (χ4n) is 2.91. The molecule has 0 aliphatic carbocycles. The molecule has 18 heavy (non-hydrogen) atoms. The van der Waals surface area contributed by atoms with E-state index in [0.717, 1.165) is 18.8 Å². The number of fused-ring (bicyclic) bond motifs is 1. The van der Waals surface area contributed by atoms with Crippen LogP contribution < -0.4 is 4.74 Å². The van der Waals surface area contributed by atoms with Crippen LogP contribution in [0.2, 0.25) is 0 Å². The van der Waals surface area contributed by atoms with Crippen molar-refractivity contribution < 1.29 is 4.74 Å². The molecule has 1 aliphatic rings. The summed E-state index contributed by atoms with van der Waals surface area (Å²) in [5.41, 5.74) is 2.55. The first-order valence-electron chi connectivity index (χ1n) is 7.41. The number of nitrogens with zero attached hydrogens (tertiary/aromatic N) is 2. The molecular weight excluding hydrogens is 224 g/mol. The molecule has 1 aromatic rings. The van der Waals surface area contributed by atoms with Gasteiger partial charge in [-0.05, 0) is 26.7 Å². The van der Waals surface area contributed by atoms with Gasteiger partial charge in [0.1, 0.15) is 0 Å². The van der Waals surface area contributed by atoms with E-state index in [2.05, 4.69) is 32.4 Å². The molecule has 0 amide bonds. The van der Waals surface area contributed by atoms with Crippen LogP contribution in [-0.4, -0.2) is 15.9 Å². The Kier molecular flexibility index (Phi) is 4.31. The van der Waals surface area contributed by atoms with Crippen molar-refractivity contribution in [2.24, 2.45) is 0 Å². The molecule has 1 aliphatic heterocycles. The number of rotatable bonds is 5. The molecule has 2 heterocycles. The van der Waals surface area contributed by atoms with Crippen molar-refractivity contribution in [3.8, 4) is 5.88 Å². The molecule has 0 bridgehead atoms. The van der Waals surface area contributed by atoms with E-state index in [4.69, 9.17) is 9.84 Å². The van der Waals surface area contributed by atoms with Crippen molar-refractivity contribution >= 4 is 0 Å². The van der Waals surface area contributed by atoms with Crippen molar-refractivity contribution in [3.63, 3.8) is 0 Å². The smallest absolute Gasteiger partial charge is 0.215 e. The fourth-order valence-corrected chi connectivity index (χ4v) is 2.91. The van der Waals surface area contributed by atoms with Gasteiger partial charge in [0.2, 0.25) is 5.88 Å². The maximum absolute atomic E-state index is 5.95. The Hall–Kier alpha value is -0.990. The van der Waals surface area contributed by atoms with E-state index in [-0.39, 0.29) is 0 Å². The van der Waals surface area contributed by atoms with E-state index < -0.39 is 0 Å². The molecule has 2 rings (SSSR count). The van der Waals surface area contributed by atoms with Crippen LogP contribution in [0.5, 0.6) is 5.88 Å². The molecular formula is C15H26N2O. The normalized spacial score (nSPS) is 18.8. The molecule has 3 heteroatoms. The average molecular weight is 250 g/mol. The van der Waals surface area contributed by atoms with Gasteiger partial charge in [0, 0.05) is 24.4 Å². The summed E-state index contributed by atoms with van der Waals surface area (Å²) < 4.78 is 8.02. The third-order valence-electron chi connectivity index (χ3n) is 3.89. The maximum atomic E-state index is 5.95. The van der Waals surface area contributed by atoms with Gasteiger partial charge in [-0.2, -0.15) is 5.10 Å². The Labute approximate surface area is 111 Å². The summed E-state index contributed by atoms with van der Waals surface area (Å²) >= 11 is 0. The maximum Gasteiger partial charge on any atom is 0.215 e. The summed E-state index contributed by atoms with van der Waals surface area (Å²) in [5, 5.41) is 4.81. The van der Waals surface area contributed by atoms with Gasteiger partial charge >= 0.3 is 0 Å². The number of aryl methyl sites for hydroxylation is 1. The van der Waals surface area contributed by atoms with Gasteiger partial charge < -0.3 is 4.74 Å². The molecule has 1 atom stereocenters. The Morgan fingerprint density at radius 2 is 2.00 bits per heavy atom. The van der Waals surface area contributed by atoms with Crippen molar-refractivity contribution in [2.45, 2.75) is 78.4 Å². The number of hydrogen-bond donors (Lipinski definition) is 0. The van der Waals surface area contributed by atoms with E-state index in [1.54, 1.807) is 0 Å². The van der Waals surface area contributed by atoms with Gasteiger partial charge in [-0.1, -0.05) is 26.7 Å². The Morgan fingerprint density at radius 1 is 1.33 bits per heavy atom. The topological polar surface area (TPSA) is 27.1 Å². The minimum Gasteiger partial charge on any atom is -0.475 e. The van der Waals surface area contributed by atoms with E-state index in [1.807, 2.05) is 0 Å². The van der Waals surface area contributed by atoms with E-state index in [9.17, 15) is 0 Å². The Balaban J connectivity index is 2.27. The van der Waals surface area contributed by atoms with Crippen LogP contribution in [0, 0.1) is 6.92 Å². The summed E-state index contributed by atoms with van der Waals surface area (Å²) in [6.45, 7) is 9.83. The average Bonchev–Trinajstić information content (AvgIpc) is 2.67. The lowest BCUT2D eigenvalue weighted by atomic mass is 9.93. The highest BCUT2D eigenvalue weighted by Crippen LogP contribution is 2.34. The van der Waals surface area contributed by atoms with Crippen molar-refractivity contribution in [2.75, 3.05) is 0 Å². The number of aromatic nitrogens is 2. The summed E-state index contributed by atoms with van der Waals surface area (Å²) in [4.78, 5) is 0. The molecule has 3 nitrogen and oxygen atoms in total. The van der Waals surface area contributed by atoms with Gasteiger partial charge in [0.15, 0.2) is 0 Å². The van der Waals surface area contributed by atoms with Crippen molar-refractivity contribution in [1.82, 2.24) is 9.78 Å². The first-order chi connectivity index (χ1) is 8.67. The molecule has 102 valence electrons. The number of ether oxygens (including phenoxy) is 1. The monoisotopic (exact) mass is 250 g/mol. The SMILES string of the molecule is CCCC(CCC)c1nn2c(c1C)O[C@H](C)CC2. The summed E-state index contributed by atoms with van der Waals surface area (Å²) in [7, 11) is 0. The number of hydrogen-bond acceptors (Lipinski definition) is 2. The van der Waals surface area contributed by atoms with Crippen LogP contribution in [-0.2, 0) is 6.54 Å². The highest BCUT2D eigenvalue weighted by molar-refractivity contribution is 5.33. The van der Waals surface area contributed by atoms with Gasteiger partial charge in [0.25, 0.3) is 0 Å². The van der Waals surface area contributed by atoms with E-state index in [0.29, 0.717) is 12.0 Å². The fraction of sp³-hybridized carbons (Fsp3) is 0.800. The summed E-state index contributed by atoms with van der Waals surface area (Å²) in [5.74, 6) is 1.62. The lowest BCUT2D eigenvalue weighted by Gasteiger charge is -2.21. The van der Waals surface area contributed by atoms with Gasteiger partial charge in [0.05, 0.1) is 11.8 Å². The molecule has 0 fully saturated rings. The minimum absolute atomic E-state index is 0.330. The first kappa shape index (κ1) is 13.4. The van der Waals surface area contributed by atoms with Crippen LogP contribution in [0.25, 0.3) is 0 Å². The van der Waals surface area contributed by atoms with E-state index in [1.165, 1.54) is 36.9 Å². The second-order valence-electron chi connectivity index (χ2n) is 5.53. The predicted molar refractivity (Wildman–Crippen MR) is 74.2 cm³/mol. The molecule has 0 radical (unpaired) electrons. The zero-order valence-electron chi connectivity index (χ0n) is 12.2. The van der Waals surface area contributed by atoms with Gasteiger partial charge in [-0.15, -0.1) is 0 Å². The minimum atomic E-state index is 0.330. The first-order valence-corrected chi connectivity index (χ1v) is 7.41. The highest BCUT2D eigenvalue weighted by atomic mass is 16.5. The molecule has 0 saturated heterocycles. The zero-order chi connectivity index (χ0) is 13.1. The molecule has 0 aromatic carbocycles. The quantitative estimate of drug-likeness (QED) is 0.788. The second kappa shape index (κ2) is 5.77. The third kappa shape index (κ3) is 2.55. The van der Waals surface area contributed by atoms with Crippen LogP contribution in [0.3, 0.4) is 0 Å². The van der Waals surface area contributed by atoms with Crippen LogP contribution in [0.4, 0.5) is 0 Å². The Morgan fingerprint density at radius 3 is 2.61 bits per heavy atom. The van der Waals surface area contributed by atoms with Crippen LogP contribution in [0.1, 0.15) is 70.1 Å². The molecule has 0 spiro atoms. The highest BCUT2D eigenvalue weighted by Gasteiger charge is 2.25. The van der Waals surface area contributed by atoms with Gasteiger partial charge in [-0.3, -0.25) is 0 Å². The van der Waals surface area contributed by atoms with E-state index >= 15 is 0 Å². The summed E-state index contributed by atoms with van der Waals surface area (Å²) in [6.07, 6.45) is 6.32. The summed E-state index contributed by atoms with van der Waals surface area (Å²) in [6, 6.07) is 0. The molecule has 1 aromatic heterocycles. The predicted octanol–water partition coefficient (Wildman–Crippen LogP) is 4.05. The standard InChI is InChI=1S/C15H26N2O/c1-5-7-13(8-6-2)14-12(4)15-17(16-14)10-9-11(3)18-15/h11,13H,5-10H2,1-4H3/t11-/m1/s1.